The van der Waals surface area contributed by atoms with Crippen LogP contribution in [0.1, 0.15) is 30.4 Å². The van der Waals surface area contributed by atoms with Crippen molar-refractivity contribution in [3.63, 3.8) is 0 Å². The molecular formula is C24H18F5NO2. The number of carboxylic acid groups (broad SMARTS) is 1. The van der Waals surface area contributed by atoms with Gasteiger partial charge in [-0.3, -0.25) is 4.79 Å². The number of allylic oxidation sites excluding steroid dienone is 1. The molecule has 0 aliphatic carbocycles. The number of aromatic nitrogens is 1. The summed E-state index contributed by atoms with van der Waals surface area (Å²) in [5, 5.41) is 9.70. The Morgan fingerprint density at radius 1 is 1.03 bits per heavy atom. The average Bonchev–Trinajstić information content (AvgIpc) is 2.72. The molecule has 0 aliphatic rings. The molecule has 0 radical (unpaired) electrons. The number of hydrogen-bond acceptors (Lipinski definition) is 2. The molecule has 3 rings (SSSR count). The molecule has 32 heavy (non-hydrogen) atoms. The van der Waals surface area contributed by atoms with Crippen LogP contribution >= 0.6 is 0 Å². The molecule has 2 aromatic carbocycles. The number of aliphatic carboxylic acids is 1. The topological polar surface area (TPSA) is 50.2 Å². The molecule has 0 fully saturated rings. The van der Waals surface area contributed by atoms with Gasteiger partial charge < -0.3 is 5.11 Å². The van der Waals surface area contributed by atoms with Gasteiger partial charge in [-0.05, 0) is 61.4 Å². The molecular weight excluding hydrogens is 429 g/mol. The first-order valence-electron chi connectivity index (χ1n) is 9.48. The van der Waals surface area contributed by atoms with Crippen molar-refractivity contribution in [1.29, 1.82) is 0 Å². The number of halogens is 5. The summed E-state index contributed by atoms with van der Waals surface area (Å²) in [6.07, 6.45) is -4.45. The summed E-state index contributed by atoms with van der Waals surface area (Å²) < 4.78 is 66.9. The molecule has 1 N–H and O–H groups in total. The molecule has 3 aromatic rings. The summed E-state index contributed by atoms with van der Waals surface area (Å²) in [6.45, 7) is 5.38. The Labute approximate surface area is 180 Å². The van der Waals surface area contributed by atoms with Crippen molar-refractivity contribution in [3.8, 4) is 22.5 Å². The van der Waals surface area contributed by atoms with E-state index in [1.165, 1.54) is 24.3 Å². The molecule has 0 amide bonds. The first-order chi connectivity index (χ1) is 15.0. The summed E-state index contributed by atoms with van der Waals surface area (Å²) in [5.41, 5.74) is 0.120. The molecule has 1 unspecified atom stereocenters. The lowest BCUT2D eigenvalue weighted by Gasteiger charge is -2.16. The highest BCUT2D eigenvalue weighted by molar-refractivity contribution is 5.79. The van der Waals surface area contributed by atoms with Gasteiger partial charge >= 0.3 is 12.1 Å². The van der Waals surface area contributed by atoms with Crippen molar-refractivity contribution >= 4 is 5.97 Å². The third-order valence-electron chi connectivity index (χ3n) is 4.81. The molecule has 3 nitrogen and oxygen atoms in total. The van der Waals surface area contributed by atoms with Crippen molar-refractivity contribution in [2.24, 2.45) is 0 Å². The van der Waals surface area contributed by atoms with Crippen LogP contribution in [0.2, 0.25) is 0 Å². The van der Waals surface area contributed by atoms with Crippen molar-refractivity contribution in [2.45, 2.75) is 25.4 Å². The Morgan fingerprint density at radius 2 is 1.66 bits per heavy atom. The van der Waals surface area contributed by atoms with Crippen LogP contribution in [0.4, 0.5) is 22.0 Å². The number of alkyl halides is 3. The largest absolute Gasteiger partial charge is 0.481 e. The van der Waals surface area contributed by atoms with Gasteiger partial charge in [-0.15, -0.1) is 6.58 Å². The zero-order chi connectivity index (χ0) is 23.6. The van der Waals surface area contributed by atoms with Crippen LogP contribution in [0.25, 0.3) is 22.5 Å². The molecule has 1 heterocycles. The molecule has 0 bridgehead atoms. The lowest BCUT2D eigenvalue weighted by molar-refractivity contribution is -0.139. The number of pyridine rings is 1. The highest BCUT2D eigenvalue weighted by Gasteiger charge is 2.30. The number of carbonyl (C=O) groups is 1. The highest BCUT2D eigenvalue weighted by atomic mass is 19.4. The second-order valence-corrected chi connectivity index (χ2v) is 7.42. The van der Waals surface area contributed by atoms with E-state index < -0.39 is 35.3 Å². The van der Waals surface area contributed by atoms with Crippen LogP contribution < -0.4 is 0 Å². The van der Waals surface area contributed by atoms with Gasteiger partial charge in [-0.25, -0.2) is 13.8 Å². The van der Waals surface area contributed by atoms with Gasteiger partial charge in [-0.2, -0.15) is 13.2 Å². The van der Waals surface area contributed by atoms with E-state index in [1.54, 1.807) is 6.92 Å². The van der Waals surface area contributed by atoms with Crippen LogP contribution in [0, 0.1) is 11.6 Å². The average molecular weight is 447 g/mol. The summed E-state index contributed by atoms with van der Waals surface area (Å²) in [5.74, 6) is -3.72. The van der Waals surface area contributed by atoms with E-state index in [1.807, 2.05) is 0 Å². The highest BCUT2D eigenvalue weighted by Crippen LogP contribution is 2.34. The van der Waals surface area contributed by atoms with Gasteiger partial charge in [-0.1, -0.05) is 17.7 Å². The Balaban J connectivity index is 2.21. The summed E-state index contributed by atoms with van der Waals surface area (Å²) in [4.78, 5) is 16.2. The zero-order valence-corrected chi connectivity index (χ0v) is 16.9. The maximum atomic E-state index is 14.4. The molecule has 0 aliphatic heterocycles. The van der Waals surface area contributed by atoms with E-state index in [0.717, 1.165) is 30.3 Å². The first kappa shape index (κ1) is 23.1. The van der Waals surface area contributed by atoms with E-state index in [9.17, 15) is 31.9 Å². The normalized spacial score (nSPS) is 12.4. The fraction of sp³-hybridized carbons (Fsp3) is 0.167. The van der Waals surface area contributed by atoms with E-state index in [4.69, 9.17) is 0 Å². The molecule has 1 aromatic heterocycles. The fourth-order valence-corrected chi connectivity index (χ4v) is 3.26. The quantitative estimate of drug-likeness (QED) is 0.332. The number of hydrogen-bond donors (Lipinski definition) is 1. The minimum absolute atomic E-state index is 0.0395. The van der Waals surface area contributed by atoms with E-state index in [2.05, 4.69) is 11.6 Å². The number of rotatable bonds is 6. The van der Waals surface area contributed by atoms with Crippen LogP contribution in [0.15, 0.2) is 66.7 Å². The van der Waals surface area contributed by atoms with Crippen molar-refractivity contribution in [3.05, 3.63) is 89.5 Å². The fourth-order valence-electron chi connectivity index (χ4n) is 3.26. The number of nitrogens with zero attached hydrogens (tertiary/aromatic N) is 1. The third-order valence-corrected chi connectivity index (χ3v) is 4.81. The van der Waals surface area contributed by atoms with Crippen LogP contribution in [-0.4, -0.2) is 16.1 Å². The summed E-state index contributed by atoms with van der Waals surface area (Å²) in [7, 11) is 0. The van der Waals surface area contributed by atoms with Gasteiger partial charge in [0.25, 0.3) is 0 Å². The first-order valence-corrected chi connectivity index (χ1v) is 9.48. The smallest absolute Gasteiger partial charge is 0.416 e. The minimum Gasteiger partial charge on any atom is -0.481 e. The number of benzene rings is 2. The molecule has 1 atom stereocenters. The van der Waals surface area contributed by atoms with Gasteiger partial charge in [0, 0.05) is 11.1 Å². The van der Waals surface area contributed by atoms with Crippen molar-refractivity contribution in [1.82, 2.24) is 4.98 Å². The van der Waals surface area contributed by atoms with Crippen LogP contribution in [0.3, 0.4) is 0 Å². The predicted molar refractivity (Wildman–Crippen MR) is 110 cm³/mol. The number of carboxylic acids is 1. The van der Waals surface area contributed by atoms with Crippen molar-refractivity contribution in [2.75, 3.05) is 0 Å². The Morgan fingerprint density at radius 3 is 2.22 bits per heavy atom. The summed E-state index contributed by atoms with van der Waals surface area (Å²) in [6, 6.07) is 9.65. The summed E-state index contributed by atoms with van der Waals surface area (Å²) >= 11 is 0. The monoisotopic (exact) mass is 447 g/mol. The van der Waals surface area contributed by atoms with Gasteiger partial charge in [0.15, 0.2) is 0 Å². The third kappa shape index (κ3) is 5.19. The van der Waals surface area contributed by atoms with E-state index >= 15 is 0 Å². The molecule has 0 saturated heterocycles. The van der Waals surface area contributed by atoms with Crippen LogP contribution in [-0.2, 0) is 11.0 Å². The van der Waals surface area contributed by atoms with Gasteiger partial charge in [0.1, 0.15) is 11.6 Å². The maximum Gasteiger partial charge on any atom is 0.416 e. The van der Waals surface area contributed by atoms with E-state index in [-0.39, 0.29) is 34.5 Å². The second kappa shape index (κ2) is 8.90. The van der Waals surface area contributed by atoms with Gasteiger partial charge in [0.05, 0.1) is 22.9 Å². The maximum absolute atomic E-state index is 14.4. The minimum atomic E-state index is -4.53. The van der Waals surface area contributed by atoms with Crippen molar-refractivity contribution < 1.29 is 31.9 Å². The lowest BCUT2D eigenvalue weighted by Crippen LogP contribution is -2.13. The SMILES string of the molecule is C=C(C)CC(C(=O)O)c1cc(-c2ccc(C(F)(F)F)cc2)nc(-c2cc(F)ccc2F)c1. The van der Waals surface area contributed by atoms with Gasteiger partial charge in [0.2, 0.25) is 0 Å². The molecule has 0 spiro atoms. The Kier molecular flexibility index (Phi) is 6.43. The Bertz CT molecular complexity index is 1170. The molecule has 166 valence electrons. The Hall–Kier alpha value is -3.55. The predicted octanol–water partition coefficient (Wildman–Crippen LogP) is 6.85. The van der Waals surface area contributed by atoms with Crippen LogP contribution in [0.5, 0.6) is 0 Å². The zero-order valence-electron chi connectivity index (χ0n) is 16.9. The molecule has 0 saturated carbocycles. The molecule has 8 heteroatoms. The lowest BCUT2D eigenvalue weighted by atomic mass is 9.91. The standard InChI is InChI=1S/C24H18F5NO2/c1-13(2)9-18(23(31)32)15-10-21(14-3-5-16(6-4-14)24(27,28)29)30-22(11-15)19-12-17(25)7-8-20(19)26/h3-8,10-12,18H,1,9H2,2H3,(H,31,32). The second-order valence-electron chi connectivity index (χ2n) is 7.42. The van der Waals surface area contributed by atoms with E-state index in [0.29, 0.717) is 5.57 Å².